The molecule has 22 heavy (non-hydrogen) atoms. The molecule has 0 saturated heterocycles. The molecular formula is C17H15F3O2. The van der Waals surface area contributed by atoms with Crippen molar-refractivity contribution in [2.75, 3.05) is 6.61 Å². The molecule has 0 N–H and O–H groups in total. The Morgan fingerprint density at radius 3 is 2.05 bits per heavy atom. The predicted molar refractivity (Wildman–Crippen MR) is 77.2 cm³/mol. The van der Waals surface area contributed by atoms with Gasteiger partial charge in [0.2, 0.25) is 0 Å². The Labute approximate surface area is 126 Å². The fourth-order valence-electron chi connectivity index (χ4n) is 2.09. The van der Waals surface area contributed by atoms with Crippen LogP contribution in [0.15, 0.2) is 42.5 Å². The summed E-state index contributed by atoms with van der Waals surface area (Å²) >= 11 is 0. The molecule has 0 aliphatic heterocycles. The number of alkyl halides is 3. The first-order chi connectivity index (χ1) is 10.3. The van der Waals surface area contributed by atoms with E-state index in [2.05, 4.69) is 0 Å². The van der Waals surface area contributed by atoms with E-state index in [0.29, 0.717) is 5.75 Å². The van der Waals surface area contributed by atoms with Crippen LogP contribution in [0.5, 0.6) is 5.75 Å². The van der Waals surface area contributed by atoms with E-state index in [0.717, 1.165) is 35.4 Å². The summed E-state index contributed by atoms with van der Waals surface area (Å²) < 4.78 is 42.8. The molecule has 0 atom stereocenters. The summed E-state index contributed by atoms with van der Waals surface area (Å²) in [6.07, 6.45) is -4.41. The van der Waals surface area contributed by atoms with Crippen LogP contribution in [-0.4, -0.2) is 12.4 Å². The minimum atomic E-state index is -4.41. The standard InChI is InChI=1S/C17H15F3O2/c1-11-7-12(2)9-15(8-11)22-10-16(21)13-3-5-14(6-4-13)17(18,19)20/h3-9H,10H2,1-2H3. The third-order valence-electron chi connectivity index (χ3n) is 3.10. The number of benzene rings is 2. The maximum absolute atomic E-state index is 12.5. The summed E-state index contributed by atoms with van der Waals surface area (Å²) in [5, 5.41) is 0. The molecule has 0 aliphatic carbocycles. The lowest BCUT2D eigenvalue weighted by atomic mass is 10.1. The predicted octanol–water partition coefficient (Wildman–Crippen LogP) is 4.58. The van der Waals surface area contributed by atoms with Crippen LogP contribution in [0.2, 0.25) is 0 Å². The van der Waals surface area contributed by atoms with Gasteiger partial charge in [-0.3, -0.25) is 4.79 Å². The average Bonchev–Trinajstić information content (AvgIpc) is 2.43. The van der Waals surface area contributed by atoms with Gasteiger partial charge in [-0.2, -0.15) is 13.2 Å². The fraction of sp³-hybridized carbons (Fsp3) is 0.235. The van der Waals surface area contributed by atoms with Gasteiger partial charge in [-0.05, 0) is 49.2 Å². The molecule has 2 aromatic carbocycles. The number of halogens is 3. The Morgan fingerprint density at radius 1 is 1.00 bits per heavy atom. The fourth-order valence-corrected chi connectivity index (χ4v) is 2.09. The van der Waals surface area contributed by atoms with Crippen molar-refractivity contribution in [3.63, 3.8) is 0 Å². The van der Waals surface area contributed by atoms with E-state index >= 15 is 0 Å². The van der Waals surface area contributed by atoms with Gasteiger partial charge in [0.1, 0.15) is 5.75 Å². The normalized spacial score (nSPS) is 11.3. The van der Waals surface area contributed by atoms with Crippen LogP contribution in [0.4, 0.5) is 13.2 Å². The Balaban J connectivity index is 2.03. The highest BCUT2D eigenvalue weighted by atomic mass is 19.4. The minimum absolute atomic E-state index is 0.192. The Hall–Kier alpha value is -2.30. The molecule has 2 aromatic rings. The van der Waals surface area contributed by atoms with Crippen LogP contribution in [0, 0.1) is 13.8 Å². The van der Waals surface area contributed by atoms with Gasteiger partial charge in [0.05, 0.1) is 5.56 Å². The number of Topliss-reactive ketones (excluding diaryl/α,β-unsaturated/α-hetero) is 1. The molecule has 0 amide bonds. The highest BCUT2D eigenvalue weighted by molar-refractivity contribution is 5.97. The zero-order valence-electron chi connectivity index (χ0n) is 12.2. The molecule has 0 unspecified atom stereocenters. The van der Waals surface area contributed by atoms with Gasteiger partial charge in [0.15, 0.2) is 12.4 Å². The summed E-state index contributed by atoms with van der Waals surface area (Å²) in [6, 6.07) is 9.69. The summed E-state index contributed by atoms with van der Waals surface area (Å²) in [5.41, 5.74) is 1.44. The number of ketones is 1. The zero-order chi connectivity index (χ0) is 16.3. The molecule has 0 radical (unpaired) electrons. The molecule has 0 heterocycles. The number of carbonyl (C=O) groups excluding carboxylic acids is 1. The van der Waals surface area contributed by atoms with Gasteiger partial charge in [0, 0.05) is 5.56 Å². The Bertz CT molecular complexity index is 653. The van der Waals surface area contributed by atoms with E-state index in [1.807, 2.05) is 19.9 Å². The van der Waals surface area contributed by atoms with Gasteiger partial charge in [-0.25, -0.2) is 0 Å². The van der Waals surface area contributed by atoms with E-state index in [1.165, 1.54) is 0 Å². The molecule has 0 bridgehead atoms. The van der Waals surface area contributed by atoms with Crippen molar-refractivity contribution in [3.05, 3.63) is 64.7 Å². The second-order valence-electron chi connectivity index (χ2n) is 5.11. The second-order valence-corrected chi connectivity index (χ2v) is 5.11. The van der Waals surface area contributed by atoms with Crippen molar-refractivity contribution in [3.8, 4) is 5.75 Å². The average molecular weight is 308 g/mol. The van der Waals surface area contributed by atoms with Crippen LogP contribution in [-0.2, 0) is 6.18 Å². The first kappa shape index (κ1) is 16.1. The maximum Gasteiger partial charge on any atom is 0.416 e. The Kier molecular flexibility index (Phi) is 4.54. The van der Waals surface area contributed by atoms with Crippen molar-refractivity contribution in [2.24, 2.45) is 0 Å². The van der Waals surface area contributed by atoms with Crippen molar-refractivity contribution in [2.45, 2.75) is 20.0 Å². The second kappa shape index (κ2) is 6.22. The van der Waals surface area contributed by atoms with Crippen LogP contribution >= 0.6 is 0 Å². The molecule has 5 heteroatoms. The highest BCUT2D eigenvalue weighted by Crippen LogP contribution is 2.29. The molecular weight excluding hydrogens is 293 g/mol. The van der Waals surface area contributed by atoms with Crippen molar-refractivity contribution in [1.82, 2.24) is 0 Å². The molecule has 116 valence electrons. The third-order valence-corrected chi connectivity index (χ3v) is 3.10. The van der Waals surface area contributed by atoms with E-state index in [4.69, 9.17) is 4.74 Å². The van der Waals surface area contributed by atoms with E-state index in [9.17, 15) is 18.0 Å². The van der Waals surface area contributed by atoms with Crippen LogP contribution in [0.3, 0.4) is 0 Å². The van der Waals surface area contributed by atoms with Gasteiger partial charge in [0.25, 0.3) is 0 Å². The molecule has 2 rings (SSSR count). The lowest BCUT2D eigenvalue weighted by molar-refractivity contribution is -0.137. The smallest absolute Gasteiger partial charge is 0.416 e. The first-order valence-corrected chi connectivity index (χ1v) is 6.67. The molecule has 0 aromatic heterocycles. The van der Waals surface area contributed by atoms with E-state index in [-0.39, 0.29) is 18.0 Å². The third kappa shape index (κ3) is 4.10. The SMILES string of the molecule is Cc1cc(C)cc(OCC(=O)c2ccc(C(F)(F)F)cc2)c1. The van der Waals surface area contributed by atoms with Crippen LogP contribution in [0.25, 0.3) is 0 Å². The van der Waals surface area contributed by atoms with Crippen molar-refractivity contribution >= 4 is 5.78 Å². The molecule has 2 nitrogen and oxygen atoms in total. The number of carbonyl (C=O) groups is 1. The summed E-state index contributed by atoms with van der Waals surface area (Å²) in [5.74, 6) is 0.200. The lowest BCUT2D eigenvalue weighted by Crippen LogP contribution is -2.12. The highest BCUT2D eigenvalue weighted by Gasteiger charge is 2.30. The van der Waals surface area contributed by atoms with E-state index in [1.54, 1.807) is 12.1 Å². The minimum Gasteiger partial charge on any atom is -0.485 e. The topological polar surface area (TPSA) is 26.3 Å². The number of rotatable bonds is 4. The molecule has 0 aliphatic rings. The van der Waals surface area contributed by atoms with Crippen LogP contribution in [0.1, 0.15) is 27.0 Å². The number of hydrogen-bond donors (Lipinski definition) is 0. The van der Waals surface area contributed by atoms with Crippen molar-refractivity contribution in [1.29, 1.82) is 0 Å². The van der Waals surface area contributed by atoms with Gasteiger partial charge >= 0.3 is 6.18 Å². The quantitative estimate of drug-likeness (QED) is 0.773. The Morgan fingerprint density at radius 2 is 1.55 bits per heavy atom. The summed E-state index contributed by atoms with van der Waals surface area (Å²) in [6.45, 7) is 3.61. The number of hydrogen-bond acceptors (Lipinski definition) is 2. The maximum atomic E-state index is 12.5. The van der Waals surface area contributed by atoms with Gasteiger partial charge in [-0.15, -0.1) is 0 Å². The molecule has 0 fully saturated rings. The number of ether oxygens (including phenoxy) is 1. The number of aryl methyl sites for hydroxylation is 2. The lowest BCUT2D eigenvalue weighted by Gasteiger charge is -2.09. The molecule has 0 saturated carbocycles. The molecule has 0 spiro atoms. The van der Waals surface area contributed by atoms with E-state index < -0.39 is 11.7 Å². The largest absolute Gasteiger partial charge is 0.485 e. The van der Waals surface area contributed by atoms with Crippen molar-refractivity contribution < 1.29 is 22.7 Å². The summed E-state index contributed by atoms with van der Waals surface area (Å²) in [7, 11) is 0. The first-order valence-electron chi connectivity index (χ1n) is 6.67. The monoisotopic (exact) mass is 308 g/mol. The van der Waals surface area contributed by atoms with Gasteiger partial charge < -0.3 is 4.74 Å². The summed E-state index contributed by atoms with van der Waals surface area (Å²) in [4.78, 5) is 11.9. The van der Waals surface area contributed by atoms with Crippen LogP contribution < -0.4 is 4.74 Å². The zero-order valence-corrected chi connectivity index (χ0v) is 12.2. The van der Waals surface area contributed by atoms with Gasteiger partial charge in [-0.1, -0.05) is 18.2 Å².